The summed E-state index contributed by atoms with van der Waals surface area (Å²) < 4.78 is 11.4. The molecule has 1 aliphatic rings. The van der Waals surface area contributed by atoms with E-state index in [2.05, 4.69) is 39.1 Å². The molecule has 1 unspecified atom stereocenters. The van der Waals surface area contributed by atoms with Crippen molar-refractivity contribution in [3.63, 3.8) is 0 Å². The van der Waals surface area contributed by atoms with Crippen LogP contribution in [-0.4, -0.2) is 34.6 Å². The Hall–Kier alpha value is -3.31. The Morgan fingerprint density at radius 2 is 2.12 bits per heavy atom. The predicted molar refractivity (Wildman–Crippen MR) is 127 cm³/mol. The van der Waals surface area contributed by atoms with Gasteiger partial charge in [-0.3, -0.25) is 0 Å². The van der Waals surface area contributed by atoms with Crippen LogP contribution < -0.4 is 16.0 Å². The van der Waals surface area contributed by atoms with Gasteiger partial charge in [0.2, 0.25) is 5.13 Å². The zero-order valence-corrected chi connectivity index (χ0v) is 19.9. The summed E-state index contributed by atoms with van der Waals surface area (Å²) in [6, 6.07) is 8.28. The van der Waals surface area contributed by atoms with E-state index in [0.29, 0.717) is 32.3 Å². The standard InChI is InChI=1S/C22H23N5O4S2/c1-4-30-19(28)17-15(23-20(29)25-18(17)16-9-6-10-31-16)11-32-22-27-26-21(33-22)24-14-8-5-7-12(2)13(14)3/h5-10,18H,4,11H2,1-3H3,(H,24,26)(H2,23,25,29). The third kappa shape index (κ3) is 5.20. The molecule has 1 aromatic carbocycles. The molecule has 0 radical (unpaired) electrons. The number of anilines is 2. The molecule has 0 bridgehead atoms. The first-order valence-electron chi connectivity index (χ1n) is 10.3. The van der Waals surface area contributed by atoms with Crippen LogP contribution in [0.1, 0.15) is 29.9 Å². The van der Waals surface area contributed by atoms with Crippen LogP contribution in [0.4, 0.5) is 15.6 Å². The van der Waals surface area contributed by atoms with Gasteiger partial charge in [0.25, 0.3) is 0 Å². The minimum atomic E-state index is -0.737. The van der Waals surface area contributed by atoms with Crippen LogP contribution in [0.5, 0.6) is 0 Å². The second-order valence-electron chi connectivity index (χ2n) is 7.19. The highest BCUT2D eigenvalue weighted by Gasteiger charge is 2.35. The number of thioether (sulfide) groups is 1. The van der Waals surface area contributed by atoms with Gasteiger partial charge in [0, 0.05) is 17.1 Å². The van der Waals surface area contributed by atoms with Gasteiger partial charge in [0.05, 0.1) is 18.4 Å². The van der Waals surface area contributed by atoms with E-state index < -0.39 is 18.0 Å². The summed E-state index contributed by atoms with van der Waals surface area (Å²) in [6.07, 6.45) is 1.49. The van der Waals surface area contributed by atoms with Crippen molar-refractivity contribution in [2.45, 2.75) is 31.2 Å². The van der Waals surface area contributed by atoms with Crippen molar-refractivity contribution in [1.29, 1.82) is 0 Å². The molecule has 0 fully saturated rings. The summed E-state index contributed by atoms with van der Waals surface area (Å²) in [6.45, 7) is 6.05. The van der Waals surface area contributed by atoms with Crippen molar-refractivity contribution in [1.82, 2.24) is 20.8 Å². The minimum Gasteiger partial charge on any atom is -0.467 e. The topological polar surface area (TPSA) is 118 Å². The lowest BCUT2D eigenvalue weighted by Gasteiger charge is -2.27. The number of carbonyl (C=O) groups is 2. The maximum absolute atomic E-state index is 12.7. The molecule has 2 aromatic heterocycles. The number of rotatable bonds is 8. The maximum Gasteiger partial charge on any atom is 0.338 e. The molecule has 3 aromatic rings. The highest BCUT2D eigenvalue weighted by Crippen LogP contribution is 2.33. The van der Waals surface area contributed by atoms with E-state index >= 15 is 0 Å². The van der Waals surface area contributed by atoms with E-state index in [0.717, 1.165) is 11.3 Å². The first-order chi connectivity index (χ1) is 16.0. The van der Waals surface area contributed by atoms with Crippen LogP contribution in [0.25, 0.3) is 0 Å². The highest BCUT2D eigenvalue weighted by atomic mass is 32.2. The van der Waals surface area contributed by atoms with E-state index in [1.54, 1.807) is 19.1 Å². The Morgan fingerprint density at radius 3 is 2.88 bits per heavy atom. The van der Waals surface area contributed by atoms with Gasteiger partial charge in [-0.15, -0.1) is 10.2 Å². The highest BCUT2D eigenvalue weighted by molar-refractivity contribution is 8.01. The van der Waals surface area contributed by atoms with E-state index in [9.17, 15) is 9.59 Å². The van der Waals surface area contributed by atoms with Crippen LogP contribution >= 0.6 is 23.1 Å². The molecule has 2 amide bonds. The number of aromatic nitrogens is 2. The zero-order valence-electron chi connectivity index (χ0n) is 18.3. The van der Waals surface area contributed by atoms with E-state index in [1.165, 1.54) is 34.9 Å². The zero-order chi connectivity index (χ0) is 23.4. The second-order valence-corrected chi connectivity index (χ2v) is 9.39. The van der Waals surface area contributed by atoms with Gasteiger partial charge >= 0.3 is 12.0 Å². The number of aryl methyl sites for hydroxylation is 1. The summed E-state index contributed by atoms with van der Waals surface area (Å²) in [5, 5.41) is 17.9. The van der Waals surface area contributed by atoms with Gasteiger partial charge in [0.1, 0.15) is 11.8 Å². The second kappa shape index (κ2) is 10.1. The normalized spacial score (nSPS) is 15.7. The number of nitrogens with one attached hydrogen (secondary N) is 3. The lowest BCUT2D eigenvalue weighted by molar-refractivity contribution is -0.139. The largest absolute Gasteiger partial charge is 0.467 e. The van der Waals surface area contributed by atoms with Gasteiger partial charge in [-0.1, -0.05) is 35.2 Å². The van der Waals surface area contributed by atoms with Gasteiger partial charge in [-0.2, -0.15) is 0 Å². The van der Waals surface area contributed by atoms with Gasteiger partial charge < -0.3 is 25.1 Å². The summed E-state index contributed by atoms with van der Waals surface area (Å²) in [7, 11) is 0. The Balaban J connectivity index is 1.54. The molecule has 0 spiro atoms. The number of carbonyl (C=O) groups excluding carboxylic acids is 2. The molecule has 4 rings (SSSR count). The summed E-state index contributed by atoms with van der Waals surface area (Å²) in [5.41, 5.74) is 4.06. The number of hydrogen-bond donors (Lipinski definition) is 3. The smallest absolute Gasteiger partial charge is 0.338 e. The Bertz CT molecular complexity index is 1190. The number of ether oxygens (including phenoxy) is 1. The Labute approximate surface area is 199 Å². The molecular formula is C22H23N5O4S2. The molecule has 0 saturated heterocycles. The summed E-state index contributed by atoms with van der Waals surface area (Å²) in [4.78, 5) is 25.0. The van der Waals surface area contributed by atoms with Crippen molar-refractivity contribution >= 4 is 45.9 Å². The molecule has 1 aliphatic heterocycles. The average molecular weight is 486 g/mol. The minimum absolute atomic E-state index is 0.214. The van der Waals surface area contributed by atoms with Crippen LogP contribution in [0.3, 0.4) is 0 Å². The van der Waals surface area contributed by atoms with Gasteiger partial charge in [-0.05, 0) is 50.1 Å². The van der Waals surface area contributed by atoms with Crippen molar-refractivity contribution in [2.75, 3.05) is 17.7 Å². The molecule has 9 nitrogen and oxygen atoms in total. The van der Waals surface area contributed by atoms with Crippen LogP contribution in [0.2, 0.25) is 0 Å². The molecule has 33 heavy (non-hydrogen) atoms. The average Bonchev–Trinajstić information content (AvgIpc) is 3.47. The molecular weight excluding hydrogens is 462 g/mol. The van der Waals surface area contributed by atoms with Crippen LogP contribution in [0.15, 0.2) is 56.6 Å². The Kier molecular flexibility index (Phi) is 6.99. The van der Waals surface area contributed by atoms with Crippen molar-refractivity contribution in [3.05, 3.63) is 64.8 Å². The van der Waals surface area contributed by atoms with Crippen molar-refractivity contribution in [3.8, 4) is 0 Å². The van der Waals surface area contributed by atoms with Crippen molar-refractivity contribution < 1.29 is 18.7 Å². The van der Waals surface area contributed by atoms with Gasteiger partial charge in [0.15, 0.2) is 4.34 Å². The third-order valence-electron chi connectivity index (χ3n) is 5.07. The quantitative estimate of drug-likeness (QED) is 0.316. The molecule has 172 valence electrons. The number of benzene rings is 1. The lowest BCUT2D eigenvalue weighted by Crippen LogP contribution is -2.46. The van der Waals surface area contributed by atoms with Crippen LogP contribution in [0, 0.1) is 13.8 Å². The fourth-order valence-corrected chi connectivity index (χ4v) is 5.04. The number of nitrogens with zero attached hydrogens (tertiary/aromatic N) is 2. The number of urea groups is 1. The molecule has 3 N–H and O–H groups in total. The third-order valence-corrected chi connectivity index (χ3v) is 7.07. The van der Waals surface area contributed by atoms with Crippen molar-refractivity contribution in [2.24, 2.45) is 0 Å². The SMILES string of the molecule is CCOC(=O)C1=C(CSc2nnc(Nc3cccc(C)c3C)s2)NC(=O)NC1c1ccco1. The summed E-state index contributed by atoms with van der Waals surface area (Å²) in [5.74, 6) is 0.236. The first-order valence-corrected chi connectivity index (χ1v) is 12.1. The molecule has 0 aliphatic carbocycles. The van der Waals surface area contributed by atoms with E-state index in [1.807, 2.05) is 19.1 Å². The Morgan fingerprint density at radius 1 is 1.27 bits per heavy atom. The monoisotopic (exact) mass is 485 g/mol. The molecule has 3 heterocycles. The number of furan rings is 1. The summed E-state index contributed by atoms with van der Waals surface area (Å²) >= 11 is 2.77. The van der Waals surface area contributed by atoms with E-state index in [-0.39, 0.29) is 6.61 Å². The molecule has 0 saturated carbocycles. The maximum atomic E-state index is 12.7. The fraction of sp³-hybridized carbons (Fsp3) is 0.273. The number of amides is 2. The molecule has 11 heteroatoms. The molecule has 1 atom stereocenters. The van der Waals surface area contributed by atoms with Gasteiger partial charge in [-0.25, -0.2) is 9.59 Å². The van der Waals surface area contributed by atoms with Crippen LogP contribution in [-0.2, 0) is 9.53 Å². The predicted octanol–water partition coefficient (Wildman–Crippen LogP) is 4.45. The lowest BCUT2D eigenvalue weighted by atomic mass is 10.0. The number of hydrogen-bond acceptors (Lipinski definition) is 9. The first kappa shape index (κ1) is 22.9. The van der Waals surface area contributed by atoms with E-state index in [4.69, 9.17) is 9.15 Å². The fourth-order valence-electron chi connectivity index (χ4n) is 3.30. The number of esters is 1.